The molecule has 0 saturated carbocycles. The molecule has 2 aromatic heterocycles. The van der Waals surface area contributed by atoms with E-state index in [1.54, 1.807) is 19.3 Å². The van der Waals surface area contributed by atoms with Crippen LogP contribution < -0.4 is 5.32 Å². The minimum absolute atomic E-state index is 0.149. The van der Waals surface area contributed by atoms with Crippen LogP contribution >= 0.6 is 23.1 Å². The molecule has 0 fully saturated rings. The fraction of sp³-hybridized carbons (Fsp3) is 0.182. The molecule has 0 aliphatic heterocycles. The minimum Gasteiger partial charge on any atom is -0.462 e. The summed E-state index contributed by atoms with van der Waals surface area (Å²) in [7, 11) is 0. The van der Waals surface area contributed by atoms with Gasteiger partial charge in [-0.2, -0.15) is 0 Å². The number of benzene rings is 2. The van der Waals surface area contributed by atoms with Gasteiger partial charge in [0.25, 0.3) is 0 Å². The molecule has 0 radical (unpaired) electrons. The van der Waals surface area contributed by atoms with Gasteiger partial charge in [-0.15, -0.1) is 21.5 Å². The van der Waals surface area contributed by atoms with Gasteiger partial charge in [0.15, 0.2) is 5.16 Å². The quantitative estimate of drug-likeness (QED) is 0.323. The van der Waals surface area contributed by atoms with Crippen molar-refractivity contribution in [2.75, 3.05) is 17.7 Å². The van der Waals surface area contributed by atoms with Crippen LogP contribution in [0.4, 0.5) is 5.69 Å². The Morgan fingerprint density at radius 1 is 1.16 bits per heavy atom. The third kappa shape index (κ3) is 4.95. The molecule has 9 heteroatoms. The summed E-state index contributed by atoms with van der Waals surface area (Å²) in [5.41, 5.74) is 2.78. The van der Waals surface area contributed by atoms with E-state index in [1.807, 2.05) is 54.0 Å². The number of thiophene rings is 1. The van der Waals surface area contributed by atoms with Crippen LogP contribution in [0.2, 0.25) is 0 Å². The Balaban J connectivity index is 1.40. The second kappa shape index (κ2) is 9.32. The number of hydrogen-bond acceptors (Lipinski definition) is 7. The van der Waals surface area contributed by atoms with Crippen molar-refractivity contribution in [2.45, 2.75) is 19.0 Å². The normalized spacial score (nSPS) is 10.9. The van der Waals surface area contributed by atoms with Crippen molar-refractivity contribution in [3.8, 4) is 5.69 Å². The maximum Gasteiger partial charge on any atom is 0.348 e. The van der Waals surface area contributed by atoms with E-state index in [0.29, 0.717) is 22.3 Å². The molecule has 2 heterocycles. The van der Waals surface area contributed by atoms with Crippen LogP contribution in [0.1, 0.15) is 22.2 Å². The first-order chi connectivity index (χ1) is 15.0. The first-order valence-electron chi connectivity index (χ1n) is 9.64. The SMILES string of the molecule is CCOC(=O)c1cc2cc(NC(=O)CSc3nncn3-c3ccc(C)cc3)ccc2s1. The number of anilines is 1. The lowest BCUT2D eigenvalue weighted by Crippen LogP contribution is -2.14. The highest BCUT2D eigenvalue weighted by molar-refractivity contribution is 7.99. The standard InChI is InChI=1S/C22H20N4O3S2/c1-3-29-21(28)19-11-15-10-16(6-9-18(15)31-19)24-20(27)12-30-22-25-23-13-26(22)17-7-4-14(2)5-8-17/h4-11,13H,3,12H2,1-2H3,(H,24,27). The van der Waals surface area contributed by atoms with Gasteiger partial charge in [-0.25, -0.2) is 4.79 Å². The van der Waals surface area contributed by atoms with Crippen molar-refractivity contribution >= 4 is 50.7 Å². The molecule has 0 saturated heterocycles. The van der Waals surface area contributed by atoms with E-state index in [0.717, 1.165) is 15.8 Å². The van der Waals surface area contributed by atoms with Gasteiger partial charge in [0.2, 0.25) is 5.91 Å². The average Bonchev–Trinajstić information content (AvgIpc) is 3.39. The predicted octanol–water partition coefficient (Wildman–Crippen LogP) is 4.70. The second-order valence-electron chi connectivity index (χ2n) is 6.74. The van der Waals surface area contributed by atoms with Crippen molar-refractivity contribution in [1.82, 2.24) is 14.8 Å². The molecule has 1 amide bonds. The van der Waals surface area contributed by atoms with Crippen LogP contribution in [0, 0.1) is 6.92 Å². The number of rotatable bonds is 7. The summed E-state index contributed by atoms with van der Waals surface area (Å²) in [6.07, 6.45) is 1.64. The van der Waals surface area contributed by atoms with E-state index in [9.17, 15) is 9.59 Å². The number of amides is 1. The van der Waals surface area contributed by atoms with Gasteiger partial charge < -0.3 is 10.1 Å². The number of carbonyl (C=O) groups excluding carboxylic acids is 2. The van der Waals surface area contributed by atoms with E-state index < -0.39 is 0 Å². The molecule has 0 spiro atoms. The molecule has 0 unspecified atom stereocenters. The molecule has 1 N–H and O–H groups in total. The zero-order valence-corrected chi connectivity index (χ0v) is 18.6. The maximum absolute atomic E-state index is 12.5. The highest BCUT2D eigenvalue weighted by atomic mass is 32.2. The molecule has 158 valence electrons. The van der Waals surface area contributed by atoms with Gasteiger partial charge in [0, 0.05) is 16.1 Å². The molecule has 7 nitrogen and oxygen atoms in total. The van der Waals surface area contributed by atoms with Crippen molar-refractivity contribution in [3.05, 3.63) is 65.3 Å². The topological polar surface area (TPSA) is 86.1 Å². The van der Waals surface area contributed by atoms with Crippen molar-refractivity contribution in [1.29, 1.82) is 0 Å². The van der Waals surface area contributed by atoms with Crippen LogP contribution in [0.5, 0.6) is 0 Å². The Hall–Kier alpha value is -3.17. The summed E-state index contributed by atoms with van der Waals surface area (Å²) in [6.45, 7) is 4.14. The Kier molecular flexibility index (Phi) is 6.34. The molecule has 4 rings (SSSR count). The predicted molar refractivity (Wildman–Crippen MR) is 123 cm³/mol. The van der Waals surface area contributed by atoms with Gasteiger partial charge in [-0.3, -0.25) is 9.36 Å². The largest absolute Gasteiger partial charge is 0.462 e. The van der Waals surface area contributed by atoms with Gasteiger partial charge in [-0.1, -0.05) is 29.5 Å². The van der Waals surface area contributed by atoms with Crippen LogP contribution in [0.15, 0.2) is 60.0 Å². The van der Waals surface area contributed by atoms with Crippen LogP contribution in [0.25, 0.3) is 15.8 Å². The lowest BCUT2D eigenvalue weighted by Gasteiger charge is -2.07. The summed E-state index contributed by atoms with van der Waals surface area (Å²) < 4.78 is 7.87. The molecular formula is C22H20N4O3S2. The van der Waals surface area contributed by atoms with Crippen LogP contribution in [-0.4, -0.2) is 39.0 Å². The summed E-state index contributed by atoms with van der Waals surface area (Å²) >= 11 is 2.69. The van der Waals surface area contributed by atoms with Gasteiger partial charge >= 0.3 is 5.97 Å². The smallest absolute Gasteiger partial charge is 0.348 e. The summed E-state index contributed by atoms with van der Waals surface area (Å²) in [4.78, 5) is 24.9. The van der Waals surface area contributed by atoms with Crippen LogP contribution in [-0.2, 0) is 9.53 Å². The van der Waals surface area contributed by atoms with Gasteiger partial charge in [0.05, 0.1) is 12.4 Å². The highest BCUT2D eigenvalue weighted by Crippen LogP contribution is 2.29. The molecule has 0 bridgehead atoms. The number of esters is 1. The van der Waals surface area contributed by atoms with E-state index in [4.69, 9.17) is 4.74 Å². The summed E-state index contributed by atoms with van der Waals surface area (Å²) in [5, 5.41) is 12.5. The number of nitrogens with one attached hydrogen (secondary N) is 1. The van der Waals surface area contributed by atoms with E-state index in [-0.39, 0.29) is 17.6 Å². The number of hydrogen-bond donors (Lipinski definition) is 1. The van der Waals surface area contributed by atoms with Gasteiger partial charge in [-0.05, 0) is 55.6 Å². The molecule has 31 heavy (non-hydrogen) atoms. The molecule has 0 aliphatic carbocycles. The number of fused-ring (bicyclic) bond motifs is 1. The van der Waals surface area contributed by atoms with Crippen molar-refractivity contribution < 1.29 is 14.3 Å². The highest BCUT2D eigenvalue weighted by Gasteiger charge is 2.13. The van der Waals surface area contributed by atoms with E-state index >= 15 is 0 Å². The van der Waals surface area contributed by atoms with E-state index in [1.165, 1.54) is 28.7 Å². The van der Waals surface area contributed by atoms with Crippen LogP contribution in [0.3, 0.4) is 0 Å². The summed E-state index contributed by atoms with van der Waals surface area (Å²) in [6, 6.07) is 15.4. The van der Waals surface area contributed by atoms with Gasteiger partial charge in [0.1, 0.15) is 11.2 Å². The number of aryl methyl sites for hydroxylation is 1. The Bertz CT molecular complexity index is 1230. The maximum atomic E-state index is 12.5. The fourth-order valence-corrected chi connectivity index (χ4v) is 4.62. The zero-order chi connectivity index (χ0) is 21.8. The molecular weight excluding hydrogens is 432 g/mol. The minimum atomic E-state index is -0.330. The molecule has 2 aromatic carbocycles. The van der Waals surface area contributed by atoms with Crippen molar-refractivity contribution in [2.24, 2.45) is 0 Å². The van der Waals surface area contributed by atoms with Crippen molar-refractivity contribution in [3.63, 3.8) is 0 Å². The van der Waals surface area contributed by atoms with E-state index in [2.05, 4.69) is 15.5 Å². The first kappa shape index (κ1) is 21.1. The number of aromatic nitrogens is 3. The molecule has 0 atom stereocenters. The third-order valence-electron chi connectivity index (χ3n) is 4.44. The number of thioether (sulfide) groups is 1. The third-order valence-corrected chi connectivity index (χ3v) is 6.48. The number of ether oxygens (including phenoxy) is 1. The monoisotopic (exact) mass is 452 g/mol. The number of nitrogens with zero attached hydrogens (tertiary/aromatic N) is 3. The second-order valence-corrected chi connectivity index (χ2v) is 8.77. The Morgan fingerprint density at radius 2 is 1.97 bits per heavy atom. The zero-order valence-electron chi connectivity index (χ0n) is 17.0. The first-order valence-corrected chi connectivity index (χ1v) is 11.4. The Labute approximate surface area is 187 Å². The fourth-order valence-electron chi connectivity index (χ4n) is 2.96. The molecule has 0 aliphatic rings. The summed E-state index contributed by atoms with van der Waals surface area (Å²) in [5.74, 6) is -0.285. The molecule has 4 aromatic rings. The average molecular weight is 453 g/mol. The lowest BCUT2D eigenvalue weighted by atomic mass is 10.2. The Morgan fingerprint density at radius 3 is 2.74 bits per heavy atom. The number of carbonyl (C=O) groups is 2. The lowest BCUT2D eigenvalue weighted by molar-refractivity contribution is -0.113.